The first-order valence-electron chi connectivity index (χ1n) is 7.12. The second kappa shape index (κ2) is 7.49. The van der Waals surface area contributed by atoms with E-state index in [0.29, 0.717) is 19.5 Å². The Balaban J connectivity index is 1.93. The highest BCUT2D eigenvalue weighted by atomic mass is 16.6. The maximum atomic E-state index is 12.1. The zero-order valence-corrected chi connectivity index (χ0v) is 12.3. The van der Waals surface area contributed by atoms with Crippen molar-refractivity contribution in [3.63, 3.8) is 0 Å². The van der Waals surface area contributed by atoms with E-state index in [4.69, 9.17) is 10.2 Å². The third-order valence-corrected chi connectivity index (χ3v) is 3.23. The third-order valence-electron chi connectivity index (χ3n) is 3.23. The van der Waals surface area contributed by atoms with Crippen molar-refractivity contribution in [2.24, 2.45) is 10.7 Å². The van der Waals surface area contributed by atoms with Crippen LogP contribution >= 0.6 is 0 Å². The number of unbranched alkanes of at least 4 members (excludes halogenated alkanes) is 2. The van der Waals surface area contributed by atoms with E-state index in [-0.39, 0.29) is 5.76 Å². The molecule has 10 nitrogen and oxygen atoms in total. The van der Waals surface area contributed by atoms with Crippen LogP contribution in [0.1, 0.15) is 25.0 Å². The molecule has 23 heavy (non-hydrogen) atoms. The Kier molecular flexibility index (Phi) is 5.41. The van der Waals surface area contributed by atoms with E-state index in [1.807, 2.05) is 0 Å². The number of hydrogen-bond donors (Lipinski definition) is 2. The number of amides is 3. The molecule has 1 unspecified atom stereocenters. The summed E-state index contributed by atoms with van der Waals surface area (Å²) in [6, 6.07) is 2.03. The molecule has 3 N–H and O–H groups in total. The third kappa shape index (κ3) is 4.13. The van der Waals surface area contributed by atoms with Crippen molar-refractivity contribution >= 4 is 24.0 Å². The normalized spacial score (nSPS) is 18.0. The molecule has 1 fully saturated rings. The van der Waals surface area contributed by atoms with E-state index >= 15 is 0 Å². The number of carbonyl (C=O) groups excluding carboxylic acids is 2. The smallest absolute Gasteiger partial charge is 0.400 e. The Labute approximate surface area is 131 Å². The first kappa shape index (κ1) is 16.6. The molecule has 3 amide bonds. The van der Waals surface area contributed by atoms with Crippen LogP contribution in [0.3, 0.4) is 0 Å². The predicted octanol–water partition coefficient (Wildman–Crippen LogP) is 0.614. The van der Waals surface area contributed by atoms with Gasteiger partial charge in [0.1, 0.15) is 4.92 Å². The minimum atomic E-state index is -1.04. The minimum absolute atomic E-state index is 0.125. The number of imide groups is 1. The molecule has 1 saturated heterocycles. The Bertz CT molecular complexity index is 626. The zero-order valence-electron chi connectivity index (χ0n) is 12.3. The number of carbonyl (C=O) groups is 2. The fourth-order valence-electron chi connectivity index (χ4n) is 2.07. The Morgan fingerprint density at radius 1 is 1.39 bits per heavy atom. The number of nitrogens with zero attached hydrogens (tertiary/aromatic N) is 3. The van der Waals surface area contributed by atoms with Crippen LogP contribution in [-0.2, 0) is 4.79 Å². The van der Waals surface area contributed by atoms with E-state index in [2.05, 4.69) is 10.3 Å². The molecular weight excluding hydrogens is 306 g/mol. The van der Waals surface area contributed by atoms with Crippen LogP contribution in [0.15, 0.2) is 21.5 Å². The second-order valence-electron chi connectivity index (χ2n) is 4.90. The number of furan rings is 1. The van der Waals surface area contributed by atoms with Crippen LogP contribution < -0.4 is 11.1 Å². The molecule has 1 aromatic heterocycles. The SMILES string of the molecule is NCCCCCN1C(=O)NC(/N=C/c2ccc([N+](=O)[O-])o2)C1=O. The summed E-state index contributed by atoms with van der Waals surface area (Å²) in [5, 5.41) is 12.9. The van der Waals surface area contributed by atoms with Gasteiger partial charge < -0.3 is 15.5 Å². The van der Waals surface area contributed by atoms with Gasteiger partial charge >= 0.3 is 11.9 Å². The van der Waals surface area contributed by atoms with Crippen molar-refractivity contribution < 1.29 is 18.9 Å². The van der Waals surface area contributed by atoms with Crippen molar-refractivity contribution in [2.75, 3.05) is 13.1 Å². The summed E-state index contributed by atoms with van der Waals surface area (Å²) < 4.78 is 4.89. The van der Waals surface area contributed by atoms with Gasteiger partial charge in [-0.25, -0.2) is 4.79 Å². The van der Waals surface area contributed by atoms with Gasteiger partial charge in [0.15, 0.2) is 5.76 Å². The molecule has 124 valence electrons. The van der Waals surface area contributed by atoms with Crippen LogP contribution in [-0.4, -0.2) is 47.2 Å². The first-order chi connectivity index (χ1) is 11.0. The predicted molar refractivity (Wildman–Crippen MR) is 79.9 cm³/mol. The highest BCUT2D eigenvalue weighted by Gasteiger charge is 2.37. The van der Waals surface area contributed by atoms with Crippen LogP contribution in [0.2, 0.25) is 0 Å². The van der Waals surface area contributed by atoms with E-state index in [0.717, 1.165) is 17.7 Å². The molecule has 1 aliphatic heterocycles. The summed E-state index contributed by atoms with van der Waals surface area (Å²) in [6.07, 6.45) is 2.48. The van der Waals surface area contributed by atoms with Crippen molar-refractivity contribution in [3.05, 3.63) is 28.0 Å². The summed E-state index contributed by atoms with van der Waals surface area (Å²) in [7, 11) is 0. The van der Waals surface area contributed by atoms with E-state index < -0.39 is 28.9 Å². The zero-order chi connectivity index (χ0) is 16.8. The fraction of sp³-hybridized carbons (Fsp3) is 0.462. The average Bonchev–Trinajstić information content (AvgIpc) is 3.08. The number of nitro groups is 1. The van der Waals surface area contributed by atoms with Gasteiger partial charge in [-0.05, 0) is 25.5 Å². The fourth-order valence-corrected chi connectivity index (χ4v) is 2.07. The average molecular weight is 323 g/mol. The lowest BCUT2D eigenvalue weighted by Gasteiger charge is -2.11. The maximum Gasteiger partial charge on any atom is 0.433 e. The molecule has 0 aromatic carbocycles. The van der Waals surface area contributed by atoms with Gasteiger partial charge in [-0.15, -0.1) is 0 Å². The number of urea groups is 1. The topological polar surface area (TPSA) is 144 Å². The van der Waals surface area contributed by atoms with E-state index in [1.54, 1.807) is 0 Å². The summed E-state index contributed by atoms with van der Waals surface area (Å²) in [5.41, 5.74) is 5.38. The highest BCUT2D eigenvalue weighted by Crippen LogP contribution is 2.15. The molecular formula is C13H17N5O5. The first-order valence-corrected chi connectivity index (χ1v) is 7.12. The minimum Gasteiger partial charge on any atom is -0.400 e. The molecule has 0 radical (unpaired) electrons. The summed E-state index contributed by atoms with van der Waals surface area (Å²) in [5.74, 6) is -0.755. The maximum absolute atomic E-state index is 12.1. The van der Waals surface area contributed by atoms with Gasteiger partial charge in [-0.2, -0.15) is 0 Å². The van der Waals surface area contributed by atoms with Gasteiger partial charge in [0.2, 0.25) is 6.17 Å². The summed E-state index contributed by atoms with van der Waals surface area (Å²) >= 11 is 0. The summed E-state index contributed by atoms with van der Waals surface area (Å²) in [6.45, 7) is 0.880. The van der Waals surface area contributed by atoms with Crippen molar-refractivity contribution in [1.82, 2.24) is 10.2 Å². The number of nitrogens with two attached hydrogens (primary N) is 1. The molecule has 1 aliphatic rings. The van der Waals surface area contributed by atoms with Gasteiger partial charge in [-0.3, -0.25) is 24.8 Å². The van der Waals surface area contributed by atoms with E-state index in [1.165, 1.54) is 18.3 Å². The Morgan fingerprint density at radius 2 is 2.17 bits per heavy atom. The van der Waals surface area contributed by atoms with Crippen LogP contribution in [0.4, 0.5) is 10.7 Å². The van der Waals surface area contributed by atoms with Gasteiger partial charge in [0, 0.05) is 6.54 Å². The largest absolute Gasteiger partial charge is 0.433 e. The molecule has 1 atom stereocenters. The van der Waals surface area contributed by atoms with E-state index in [9.17, 15) is 19.7 Å². The molecule has 2 heterocycles. The number of nitrogens with one attached hydrogen (secondary N) is 1. The highest BCUT2D eigenvalue weighted by molar-refractivity contribution is 6.04. The molecule has 0 bridgehead atoms. The van der Waals surface area contributed by atoms with Crippen molar-refractivity contribution in [2.45, 2.75) is 25.4 Å². The Morgan fingerprint density at radius 3 is 2.83 bits per heavy atom. The Hall–Kier alpha value is -2.75. The number of rotatable bonds is 8. The van der Waals surface area contributed by atoms with Gasteiger partial charge in [-0.1, -0.05) is 6.42 Å². The second-order valence-corrected chi connectivity index (χ2v) is 4.90. The molecule has 0 spiro atoms. The molecule has 0 aliphatic carbocycles. The van der Waals surface area contributed by atoms with Crippen LogP contribution in [0, 0.1) is 10.1 Å². The molecule has 1 aromatic rings. The monoisotopic (exact) mass is 323 g/mol. The van der Waals surface area contributed by atoms with Gasteiger partial charge in [0.25, 0.3) is 5.91 Å². The molecule has 2 rings (SSSR count). The molecule has 0 saturated carbocycles. The standard InChI is InChI=1S/C13H17N5O5/c14-6-2-1-3-7-17-12(19)11(16-13(17)20)15-8-9-4-5-10(23-9)18(21)22/h4-5,8,11H,1-3,6-7,14H2,(H,16,20)/b15-8+. The van der Waals surface area contributed by atoms with Gasteiger partial charge in [0.05, 0.1) is 12.3 Å². The quantitative estimate of drug-likeness (QED) is 0.236. The van der Waals surface area contributed by atoms with Crippen molar-refractivity contribution in [3.8, 4) is 0 Å². The van der Waals surface area contributed by atoms with Crippen LogP contribution in [0.5, 0.6) is 0 Å². The molecule has 10 heteroatoms. The van der Waals surface area contributed by atoms with Crippen molar-refractivity contribution in [1.29, 1.82) is 0 Å². The lowest BCUT2D eigenvalue weighted by molar-refractivity contribution is -0.402. The number of hydrogen-bond acceptors (Lipinski definition) is 7. The van der Waals surface area contributed by atoms with Crippen LogP contribution in [0.25, 0.3) is 0 Å². The lowest BCUT2D eigenvalue weighted by atomic mass is 10.2. The lowest BCUT2D eigenvalue weighted by Crippen LogP contribution is -2.32. The number of aliphatic imine (C=N–C) groups is 1. The summed E-state index contributed by atoms with van der Waals surface area (Å²) in [4.78, 5) is 38.7.